The van der Waals surface area contributed by atoms with Gasteiger partial charge in [-0.3, -0.25) is 4.79 Å². The molecule has 0 saturated carbocycles. The largest absolute Gasteiger partial charge is 0.462 e. The van der Waals surface area contributed by atoms with E-state index in [4.69, 9.17) is 9.15 Å². The van der Waals surface area contributed by atoms with E-state index in [1.165, 1.54) is 12.3 Å². The van der Waals surface area contributed by atoms with Crippen LogP contribution in [0.15, 0.2) is 16.7 Å². The van der Waals surface area contributed by atoms with E-state index in [1.54, 1.807) is 6.92 Å². The Bertz CT molecular complexity index is 342. The van der Waals surface area contributed by atoms with Crippen LogP contribution in [0.4, 0.5) is 0 Å². The second-order valence-electron chi connectivity index (χ2n) is 2.48. The Morgan fingerprint density at radius 2 is 2.29 bits per heavy atom. The number of hydrogen-bond donors (Lipinski definition) is 0. The van der Waals surface area contributed by atoms with Gasteiger partial charge >= 0.3 is 5.97 Å². The van der Waals surface area contributed by atoms with E-state index in [-0.39, 0.29) is 22.4 Å². The number of ketones is 1. The van der Waals surface area contributed by atoms with E-state index in [0.29, 0.717) is 6.61 Å². The minimum absolute atomic E-state index is 0.157. The van der Waals surface area contributed by atoms with E-state index in [0.717, 1.165) is 0 Å². The fourth-order valence-corrected chi connectivity index (χ4v) is 1.15. The minimum Gasteiger partial charge on any atom is -0.462 e. The quantitative estimate of drug-likeness (QED) is 0.472. The Labute approximate surface area is 89.4 Å². The number of ether oxygens (including phenoxy) is 1. The van der Waals surface area contributed by atoms with Gasteiger partial charge in [-0.2, -0.15) is 0 Å². The Morgan fingerprint density at radius 3 is 2.86 bits per heavy atom. The van der Waals surface area contributed by atoms with Crippen molar-refractivity contribution in [2.75, 3.05) is 11.9 Å². The molecular formula is C9H9BrO4. The summed E-state index contributed by atoms with van der Waals surface area (Å²) in [6.07, 6.45) is 1.22. The van der Waals surface area contributed by atoms with Gasteiger partial charge in [0.25, 0.3) is 0 Å². The first-order valence-corrected chi connectivity index (χ1v) is 5.16. The lowest BCUT2D eigenvalue weighted by Gasteiger charge is -1.95. The molecule has 0 saturated heterocycles. The minimum atomic E-state index is -0.482. The van der Waals surface area contributed by atoms with Crippen molar-refractivity contribution >= 4 is 27.7 Å². The van der Waals surface area contributed by atoms with Crippen LogP contribution in [-0.4, -0.2) is 23.7 Å². The summed E-state index contributed by atoms with van der Waals surface area (Å²) in [4.78, 5) is 22.3. The van der Waals surface area contributed by atoms with Gasteiger partial charge in [-0.1, -0.05) is 15.9 Å². The predicted molar refractivity (Wildman–Crippen MR) is 52.8 cm³/mol. The van der Waals surface area contributed by atoms with Crippen LogP contribution >= 0.6 is 15.9 Å². The number of Topliss-reactive ketones (excluding diaryl/α,β-unsaturated/α-hetero) is 1. The van der Waals surface area contributed by atoms with Gasteiger partial charge in [0.2, 0.25) is 5.78 Å². The molecular weight excluding hydrogens is 252 g/mol. The number of rotatable bonds is 4. The van der Waals surface area contributed by atoms with E-state index in [1.807, 2.05) is 0 Å². The highest BCUT2D eigenvalue weighted by atomic mass is 79.9. The molecule has 0 unspecified atom stereocenters. The summed E-state index contributed by atoms with van der Waals surface area (Å²) in [6, 6.07) is 1.38. The molecule has 0 radical (unpaired) electrons. The molecule has 4 nitrogen and oxygen atoms in total. The Hall–Kier alpha value is -1.10. The number of furan rings is 1. The normalized spacial score (nSPS) is 9.86. The first-order valence-electron chi connectivity index (χ1n) is 4.03. The number of halogens is 1. The van der Waals surface area contributed by atoms with Crippen LogP contribution in [0.2, 0.25) is 0 Å². The van der Waals surface area contributed by atoms with Crippen molar-refractivity contribution in [2.24, 2.45) is 0 Å². The van der Waals surface area contributed by atoms with Crippen LogP contribution in [0.25, 0.3) is 0 Å². The van der Waals surface area contributed by atoms with Crippen LogP contribution < -0.4 is 0 Å². The second-order valence-corrected chi connectivity index (χ2v) is 3.04. The molecule has 0 aliphatic heterocycles. The summed E-state index contributed by atoms with van der Waals surface area (Å²) in [5.74, 6) is -0.532. The highest BCUT2D eigenvalue weighted by Crippen LogP contribution is 2.10. The molecule has 0 bridgehead atoms. The predicted octanol–water partition coefficient (Wildman–Crippen LogP) is 2.03. The van der Waals surface area contributed by atoms with E-state index in [2.05, 4.69) is 15.9 Å². The van der Waals surface area contributed by atoms with E-state index in [9.17, 15) is 9.59 Å². The standard InChI is InChI=1S/C9H9BrO4/c1-2-13-9(12)6-3-8(14-5-6)7(11)4-10/h3,5H,2,4H2,1H3. The van der Waals surface area contributed by atoms with Crippen molar-refractivity contribution in [3.05, 3.63) is 23.7 Å². The fraction of sp³-hybridized carbons (Fsp3) is 0.333. The average Bonchev–Trinajstić information content (AvgIpc) is 2.66. The zero-order valence-electron chi connectivity index (χ0n) is 7.58. The lowest BCUT2D eigenvalue weighted by Crippen LogP contribution is -2.03. The van der Waals surface area contributed by atoms with Crippen LogP contribution in [0.3, 0.4) is 0 Å². The zero-order chi connectivity index (χ0) is 10.6. The van der Waals surface area contributed by atoms with Gasteiger partial charge in [0, 0.05) is 6.07 Å². The third-order valence-electron chi connectivity index (χ3n) is 1.51. The first kappa shape index (κ1) is 11.0. The van der Waals surface area contributed by atoms with Gasteiger partial charge in [0.05, 0.1) is 17.5 Å². The number of carbonyl (C=O) groups excluding carboxylic acids is 2. The lowest BCUT2D eigenvalue weighted by molar-refractivity contribution is 0.0525. The maximum Gasteiger partial charge on any atom is 0.341 e. The van der Waals surface area contributed by atoms with E-state index < -0.39 is 5.97 Å². The number of carbonyl (C=O) groups is 2. The summed E-state index contributed by atoms with van der Waals surface area (Å²) in [6.45, 7) is 2.01. The highest BCUT2D eigenvalue weighted by molar-refractivity contribution is 9.09. The van der Waals surface area contributed by atoms with Crippen molar-refractivity contribution in [3.63, 3.8) is 0 Å². The number of esters is 1. The Kier molecular flexibility index (Phi) is 3.88. The van der Waals surface area contributed by atoms with Crippen LogP contribution in [0, 0.1) is 0 Å². The summed E-state index contributed by atoms with van der Waals surface area (Å²) in [7, 11) is 0. The third-order valence-corrected chi connectivity index (χ3v) is 2.02. The molecule has 0 aliphatic carbocycles. The summed E-state index contributed by atoms with van der Waals surface area (Å²) >= 11 is 3.00. The summed E-state index contributed by atoms with van der Waals surface area (Å²) in [5.41, 5.74) is 0.260. The second kappa shape index (κ2) is 4.95. The zero-order valence-corrected chi connectivity index (χ0v) is 9.17. The molecule has 76 valence electrons. The molecule has 0 aromatic carbocycles. The molecule has 1 aromatic heterocycles. The van der Waals surface area contributed by atoms with Crippen molar-refractivity contribution in [2.45, 2.75) is 6.92 Å². The van der Waals surface area contributed by atoms with Crippen LogP contribution in [-0.2, 0) is 4.74 Å². The van der Waals surface area contributed by atoms with E-state index >= 15 is 0 Å². The fourth-order valence-electron chi connectivity index (χ4n) is 0.870. The summed E-state index contributed by atoms with van der Waals surface area (Å²) in [5, 5.41) is 0.169. The Balaban J connectivity index is 2.77. The molecule has 14 heavy (non-hydrogen) atoms. The molecule has 1 rings (SSSR count). The maximum atomic E-state index is 11.2. The van der Waals surface area contributed by atoms with Crippen LogP contribution in [0.5, 0.6) is 0 Å². The van der Waals surface area contributed by atoms with Crippen LogP contribution in [0.1, 0.15) is 27.8 Å². The van der Waals surface area contributed by atoms with Gasteiger partial charge in [-0.05, 0) is 6.92 Å². The molecule has 0 atom stereocenters. The number of alkyl halides is 1. The van der Waals surface area contributed by atoms with Crippen molar-refractivity contribution in [1.29, 1.82) is 0 Å². The van der Waals surface area contributed by atoms with Crippen molar-refractivity contribution in [3.8, 4) is 0 Å². The Morgan fingerprint density at radius 1 is 1.57 bits per heavy atom. The maximum absolute atomic E-state index is 11.2. The molecule has 1 heterocycles. The third kappa shape index (κ3) is 2.45. The molecule has 1 aromatic rings. The molecule has 0 N–H and O–H groups in total. The first-order chi connectivity index (χ1) is 6.69. The molecule has 0 spiro atoms. The van der Waals surface area contributed by atoms with Crippen molar-refractivity contribution < 1.29 is 18.7 Å². The summed E-state index contributed by atoms with van der Waals surface area (Å²) < 4.78 is 9.64. The molecule has 5 heteroatoms. The van der Waals surface area contributed by atoms with Crippen molar-refractivity contribution in [1.82, 2.24) is 0 Å². The molecule has 0 amide bonds. The smallest absolute Gasteiger partial charge is 0.341 e. The topological polar surface area (TPSA) is 56.5 Å². The van der Waals surface area contributed by atoms with Gasteiger partial charge in [-0.15, -0.1) is 0 Å². The average molecular weight is 261 g/mol. The monoisotopic (exact) mass is 260 g/mol. The van der Waals surface area contributed by atoms with Gasteiger partial charge in [-0.25, -0.2) is 4.79 Å². The molecule has 0 aliphatic rings. The highest BCUT2D eigenvalue weighted by Gasteiger charge is 2.14. The lowest BCUT2D eigenvalue weighted by atomic mass is 10.3. The SMILES string of the molecule is CCOC(=O)c1coc(C(=O)CBr)c1. The molecule has 0 fully saturated rings. The van der Waals surface area contributed by atoms with Gasteiger partial charge in [0.1, 0.15) is 6.26 Å². The van der Waals surface area contributed by atoms with Gasteiger partial charge < -0.3 is 9.15 Å². The number of hydrogen-bond acceptors (Lipinski definition) is 4. The van der Waals surface area contributed by atoms with Gasteiger partial charge in [0.15, 0.2) is 5.76 Å².